The van der Waals surface area contributed by atoms with E-state index in [1.807, 2.05) is 6.08 Å². The van der Waals surface area contributed by atoms with Crippen molar-refractivity contribution in [1.29, 1.82) is 0 Å². The summed E-state index contributed by atoms with van der Waals surface area (Å²) < 4.78 is 0. The van der Waals surface area contributed by atoms with Gasteiger partial charge in [-0.1, -0.05) is 32.4 Å². The Kier molecular flexibility index (Phi) is 2.90. The summed E-state index contributed by atoms with van der Waals surface area (Å²) in [6.07, 6.45) is 10.9. The van der Waals surface area contributed by atoms with Crippen LogP contribution in [0, 0.1) is 34.5 Å². The second kappa shape index (κ2) is 4.43. The van der Waals surface area contributed by atoms with E-state index in [-0.39, 0.29) is 22.5 Å². The van der Waals surface area contributed by atoms with E-state index in [0.717, 1.165) is 19.3 Å². The van der Waals surface area contributed by atoms with Crippen molar-refractivity contribution in [3.8, 4) is 0 Å². The Morgan fingerprint density at radius 2 is 1.91 bits per heavy atom. The van der Waals surface area contributed by atoms with Gasteiger partial charge in [-0.3, -0.25) is 9.59 Å². The zero-order valence-corrected chi connectivity index (χ0v) is 13.9. The van der Waals surface area contributed by atoms with Crippen LogP contribution in [0.1, 0.15) is 52.9 Å². The highest BCUT2D eigenvalue weighted by molar-refractivity contribution is 6.01. The van der Waals surface area contributed by atoms with Crippen molar-refractivity contribution in [2.45, 2.75) is 52.9 Å². The minimum absolute atomic E-state index is 0.0912. The fraction of sp³-hybridized carbons (Fsp3) is 0.700. The first-order valence-electron chi connectivity index (χ1n) is 8.83. The average molecular weight is 298 g/mol. The molecule has 2 nitrogen and oxygen atoms in total. The molecule has 0 aromatic heterocycles. The fourth-order valence-corrected chi connectivity index (χ4v) is 6.27. The van der Waals surface area contributed by atoms with Gasteiger partial charge in [0.15, 0.2) is 5.78 Å². The summed E-state index contributed by atoms with van der Waals surface area (Å²) in [5.41, 5.74) is 1.20. The van der Waals surface area contributed by atoms with Crippen LogP contribution >= 0.6 is 0 Å². The van der Waals surface area contributed by atoms with E-state index >= 15 is 0 Å². The number of hydrogen-bond acceptors (Lipinski definition) is 2. The molecule has 0 radical (unpaired) electrons. The standard InChI is InChI=1S/C20H26O2/c1-12-4-7-16-15-6-5-13-10-14(21)8-9-19(13,2)18(15)17(22)11-20(12,16)3/h8-10,12,15-16,18H,4-7,11H2,1-3H3. The third-order valence-electron chi connectivity index (χ3n) is 7.73. The minimum atomic E-state index is -0.207. The Labute approximate surface area is 133 Å². The molecule has 0 aromatic carbocycles. The van der Waals surface area contributed by atoms with Crippen molar-refractivity contribution in [1.82, 2.24) is 0 Å². The molecule has 0 bridgehead atoms. The summed E-state index contributed by atoms with van der Waals surface area (Å²) in [6, 6.07) is 0. The summed E-state index contributed by atoms with van der Waals surface area (Å²) in [7, 11) is 0. The lowest BCUT2D eigenvalue weighted by atomic mass is 9.47. The largest absolute Gasteiger partial charge is 0.299 e. The molecule has 3 saturated carbocycles. The number of Topliss-reactive ketones (excluding diaryl/α,β-unsaturated/α-hetero) is 1. The predicted molar refractivity (Wildman–Crippen MR) is 86.2 cm³/mol. The van der Waals surface area contributed by atoms with Gasteiger partial charge in [-0.25, -0.2) is 0 Å². The summed E-state index contributed by atoms with van der Waals surface area (Å²) >= 11 is 0. The second-order valence-electron chi connectivity index (χ2n) is 8.60. The first kappa shape index (κ1) is 14.4. The second-order valence-corrected chi connectivity index (χ2v) is 8.60. The molecular weight excluding hydrogens is 272 g/mol. The molecule has 0 saturated heterocycles. The lowest BCUT2D eigenvalue weighted by Gasteiger charge is -2.55. The Bertz CT molecular complexity index is 613. The molecule has 0 aromatic rings. The van der Waals surface area contributed by atoms with E-state index in [9.17, 15) is 9.59 Å². The highest BCUT2D eigenvalue weighted by Crippen LogP contribution is 2.64. The number of allylic oxidation sites excluding steroid dienone is 4. The van der Waals surface area contributed by atoms with Crippen LogP contribution < -0.4 is 0 Å². The first-order valence-corrected chi connectivity index (χ1v) is 8.83. The molecule has 0 N–H and O–H groups in total. The van der Waals surface area contributed by atoms with E-state index in [2.05, 4.69) is 20.8 Å². The third kappa shape index (κ3) is 1.67. The molecule has 2 heteroatoms. The Balaban J connectivity index is 1.77. The van der Waals surface area contributed by atoms with Gasteiger partial charge >= 0.3 is 0 Å². The van der Waals surface area contributed by atoms with E-state index in [4.69, 9.17) is 0 Å². The van der Waals surface area contributed by atoms with Gasteiger partial charge in [-0.05, 0) is 61.0 Å². The maximum absolute atomic E-state index is 13.1. The molecular formula is C20H26O2. The average Bonchev–Trinajstić information content (AvgIpc) is 2.75. The van der Waals surface area contributed by atoms with Gasteiger partial charge in [0.2, 0.25) is 0 Å². The molecule has 118 valence electrons. The van der Waals surface area contributed by atoms with Crippen LogP contribution in [0.4, 0.5) is 0 Å². The number of carbonyl (C=O) groups is 2. The van der Waals surface area contributed by atoms with Crippen LogP contribution in [0.5, 0.6) is 0 Å². The van der Waals surface area contributed by atoms with Crippen molar-refractivity contribution >= 4 is 11.6 Å². The minimum Gasteiger partial charge on any atom is -0.299 e. The van der Waals surface area contributed by atoms with Crippen LogP contribution in [0.15, 0.2) is 23.8 Å². The summed E-state index contributed by atoms with van der Waals surface area (Å²) in [6.45, 7) is 6.89. The number of hydrogen-bond donors (Lipinski definition) is 0. The predicted octanol–water partition coefficient (Wildman–Crippen LogP) is 4.11. The van der Waals surface area contributed by atoms with Crippen molar-refractivity contribution in [3.05, 3.63) is 23.8 Å². The van der Waals surface area contributed by atoms with Crippen LogP contribution in [0.3, 0.4) is 0 Å². The number of fused-ring (bicyclic) bond motifs is 5. The molecule has 3 fully saturated rings. The number of ketones is 2. The molecule has 6 unspecified atom stereocenters. The maximum atomic E-state index is 13.1. The Morgan fingerprint density at radius 3 is 2.68 bits per heavy atom. The molecule has 4 aliphatic carbocycles. The van der Waals surface area contributed by atoms with Crippen molar-refractivity contribution < 1.29 is 9.59 Å². The monoisotopic (exact) mass is 298 g/mol. The molecule has 0 amide bonds. The molecule has 0 aliphatic heterocycles. The first-order chi connectivity index (χ1) is 10.4. The van der Waals surface area contributed by atoms with Gasteiger partial charge in [-0.2, -0.15) is 0 Å². The Morgan fingerprint density at radius 1 is 1.14 bits per heavy atom. The van der Waals surface area contributed by atoms with E-state index in [0.29, 0.717) is 23.5 Å². The Hall–Kier alpha value is -1.18. The molecule has 4 aliphatic rings. The van der Waals surface area contributed by atoms with Crippen LogP contribution in [0.2, 0.25) is 0 Å². The third-order valence-corrected chi connectivity index (χ3v) is 7.73. The SMILES string of the molecule is CC1CCC2C3CCC4=CC(=O)C=CC4(C)C3C(=O)CC12C. The van der Waals surface area contributed by atoms with Gasteiger partial charge < -0.3 is 0 Å². The van der Waals surface area contributed by atoms with Crippen LogP contribution in [0.25, 0.3) is 0 Å². The molecule has 6 atom stereocenters. The summed E-state index contributed by atoms with van der Waals surface area (Å²) in [4.78, 5) is 24.8. The normalized spacial score (nSPS) is 50.2. The van der Waals surface area contributed by atoms with Crippen molar-refractivity contribution in [2.75, 3.05) is 0 Å². The van der Waals surface area contributed by atoms with Crippen molar-refractivity contribution in [2.24, 2.45) is 34.5 Å². The lowest BCUT2D eigenvalue weighted by molar-refractivity contribution is -0.142. The van der Waals surface area contributed by atoms with Gasteiger partial charge in [-0.15, -0.1) is 0 Å². The quantitative estimate of drug-likeness (QED) is 0.674. The highest BCUT2D eigenvalue weighted by Gasteiger charge is 2.60. The molecule has 22 heavy (non-hydrogen) atoms. The van der Waals surface area contributed by atoms with Gasteiger partial charge in [0, 0.05) is 17.8 Å². The van der Waals surface area contributed by atoms with Crippen molar-refractivity contribution in [3.63, 3.8) is 0 Å². The smallest absolute Gasteiger partial charge is 0.178 e. The summed E-state index contributed by atoms with van der Waals surface area (Å²) in [5.74, 6) is 2.50. The summed E-state index contributed by atoms with van der Waals surface area (Å²) in [5, 5.41) is 0. The van der Waals surface area contributed by atoms with E-state index < -0.39 is 0 Å². The van der Waals surface area contributed by atoms with E-state index in [1.54, 1.807) is 12.2 Å². The number of rotatable bonds is 0. The fourth-order valence-electron chi connectivity index (χ4n) is 6.27. The highest BCUT2D eigenvalue weighted by atomic mass is 16.1. The lowest BCUT2D eigenvalue weighted by Crippen LogP contribution is -2.53. The molecule has 0 heterocycles. The number of carbonyl (C=O) groups excluding carboxylic acids is 2. The van der Waals surface area contributed by atoms with Crippen LogP contribution in [-0.4, -0.2) is 11.6 Å². The zero-order valence-electron chi connectivity index (χ0n) is 13.9. The van der Waals surface area contributed by atoms with Gasteiger partial charge in [0.25, 0.3) is 0 Å². The van der Waals surface area contributed by atoms with Gasteiger partial charge in [0.05, 0.1) is 0 Å². The van der Waals surface area contributed by atoms with Crippen LogP contribution in [-0.2, 0) is 9.59 Å². The molecule has 0 spiro atoms. The molecule has 4 rings (SSSR count). The van der Waals surface area contributed by atoms with Gasteiger partial charge in [0.1, 0.15) is 5.78 Å². The van der Waals surface area contributed by atoms with E-state index in [1.165, 1.54) is 18.4 Å². The zero-order chi connectivity index (χ0) is 15.7. The maximum Gasteiger partial charge on any atom is 0.178 e. The topological polar surface area (TPSA) is 34.1 Å².